The first-order valence-electron chi connectivity index (χ1n) is 5.38. The maximum absolute atomic E-state index is 11.5. The third-order valence-electron chi connectivity index (χ3n) is 2.74. The fraction of sp³-hybridized carbons (Fsp3) is 0.333. The number of esters is 1. The van der Waals surface area contributed by atoms with Gasteiger partial charge in [0.25, 0.3) is 0 Å². The molecule has 5 nitrogen and oxygen atoms in total. The Morgan fingerprint density at radius 3 is 2.83 bits per heavy atom. The number of methoxy groups -OCH3 is 1. The molecule has 2 aromatic rings. The molecule has 0 amide bonds. The van der Waals surface area contributed by atoms with Crippen LogP contribution < -0.4 is 0 Å². The first-order chi connectivity index (χ1) is 8.54. The van der Waals surface area contributed by atoms with Crippen molar-refractivity contribution in [3.63, 3.8) is 0 Å². The Morgan fingerprint density at radius 2 is 2.28 bits per heavy atom. The maximum Gasteiger partial charge on any atom is 0.341 e. The third-order valence-corrected chi connectivity index (χ3v) is 3.88. The lowest BCUT2D eigenvalue weighted by molar-refractivity contribution is 0.0598. The SMILES string of the molecule is COC(=O)c1ccoc1Cn1nc(C)c(Br)c1C. The molecule has 0 bridgehead atoms. The highest BCUT2D eigenvalue weighted by molar-refractivity contribution is 9.10. The minimum absolute atomic E-state index is 0.399. The van der Waals surface area contributed by atoms with Gasteiger partial charge in [-0.1, -0.05) is 0 Å². The van der Waals surface area contributed by atoms with Crippen LogP contribution >= 0.6 is 15.9 Å². The highest BCUT2D eigenvalue weighted by Gasteiger charge is 2.17. The number of furan rings is 1. The minimum Gasteiger partial charge on any atom is -0.466 e. The van der Waals surface area contributed by atoms with Gasteiger partial charge in [-0.3, -0.25) is 4.68 Å². The Hall–Kier alpha value is -1.56. The van der Waals surface area contributed by atoms with Crippen molar-refractivity contribution in [2.45, 2.75) is 20.4 Å². The van der Waals surface area contributed by atoms with Crippen molar-refractivity contribution < 1.29 is 13.9 Å². The summed E-state index contributed by atoms with van der Waals surface area (Å²) in [5.41, 5.74) is 2.32. The topological polar surface area (TPSA) is 57.3 Å². The summed E-state index contributed by atoms with van der Waals surface area (Å²) < 4.78 is 12.8. The van der Waals surface area contributed by atoms with Gasteiger partial charge in [-0.25, -0.2) is 4.79 Å². The van der Waals surface area contributed by atoms with E-state index >= 15 is 0 Å². The number of aromatic nitrogens is 2. The number of ether oxygens (including phenoxy) is 1. The van der Waals surface area contributed by atoms with Gasteiger partial charge < -0.3 is 9.15 Å². The predicted molar refractivity (Wildman–Crippen MR) is 68.6 cm³/mol. The zero-order chi connectivity index (χ0) is 13.3. The number of hydrogen-bond acceptors (Lipinski definition) is 4. The van der Waals surface area contributed by atoms with Crippen LogP contribution in [0, 0.1) is 13.8 Å². The maximum atomic E-state index is 11.5. The van der Waals surface area contributed by atoms with Gasteiger partial charge in [0.05, 0.1) is 29.2 Å². The van der Waals surface area contributed by atoms with E-state index in [9.17, 15) is 4.79 Å². The smallest absolute Gasteiger partial charge is 0.341 e. The van der Waals surface area contributed by atoms with Crippen LogP contribution in [0.25, 0.3) is 0 Å². The lowest BCUT2D eigenvalue weighted by Crippen LogP contribution is -2.08. The number of rotatable bonds is 3. The molecule has 2 aromatic heterocycles. The second-order valence-electron chi connectivity index (χ2n) is 3.89. The van der Waals surface area contributed by atoms with E-state index < -0.39 is 5.97 Å². The molecule has 0 saturated heterocycles. The van der Waals surface area contributed by atoms with Crippen LogP contribution in [-0.4, -0.2) is 22.9 Å². The third kappa shape index (κ3) is 2.20. The number of hydrogen-bond donors (Lipinski definition) is 0. The van der Waals surface area contributed by atoms with Crippen LogP contribution in [0.3, 0.4) is 0 Å². The molecule has 0 atom stereocenters. The van der Waals surface area contributed by atoms with Crippen molar-refractivity contribution in [3.05, 3.63) is 39.5 Å². The van der Waals surface area contributed by atoms with Crippen LogP contribution in [0.1, 0.15) is 27.5 Å². The lowest BCUT2D eigenvalue weighted by atomic mass is 10.2. The summed E-state index contributed by atoms with van der Waals surface area (Å²) in [4.78, 5) is 11.5. The van der Waals surface area contributed by atoms with E-state index in [2.05, 4.69) is 21.0 Å². The molecule has 0 saturated carbocycles. The number of carbonyl (C=O) groups is 1. The highest BCUT2D eigenvalue weighted by Crippen LogP contribution is 2.22. The van der Waals surface area contributed by atoms with E-state index in [0.717, 1.165) is 15.9 Å². The van der Waals surface area contributed by atoms with Crippen molar-refractivity contribution in [1.82, 2.24) is 9.78 Å². The van der Waals surface area contributed by atoms with Gasteiger partial charge in [0, 0.05) is 0 Å². The van der Waals surface area contributed by atoms with Gasteiger partial charge in [0.1, 0.15) is 17.9 Å². The number of nitrogens with zero attached hydrogens (tertiary/aromatic N) is 2. The number of aryl methyl sites for hydroxylation is 1. The summed E-state index contributed by atoms with van der Waals surface area (Å²) in [7, 11) is 1.35. The highest BCUT2D eigenvalue weighted by atomic mass is 79.9. The zero-order valence-electron chi connectivity index (χ0n) is 10.4. The average Bonchev–Trinajstić information content (AvgIpc) is 2.91. The molecule has 0 aliphatic heterocycles. The largest absolute Gasteiger partial charge is 0.466 e. The van der Waals surface area contributed by atoms with Crippen molar-refractivity contribution >= 4 is 21.9 Å². The number of halogens is 1. The molecular formula is C12H13BrN2O3. The molecule has 2 heterocycles. The van der Waals surface area contributed by atoms with Gasteiger partial charge >= 0.3 is 5.97 Å². The summed E-state index contributed by atoms with van der Waals surface area (Å²) in [6, 6.07) is 1.60. The Bertz CT molecular complexity index is 586. The molecule has 0 aromatic carbocycles. The fourth-order valence-corrected chi connectivity index (χ4v) is 2.00. The molecule has 6 heteroatoms. The fourth-order valence-electron chi connectivity index (χ4n) is 1.72. The van der Waals surface area contributed by atoms with Crippen molar-refractivity contribution in [3.8, 4) is 0 Å². The summed E-state index contributed by atoms with van der Waals surface area (Å²) in [5.74, 6) is 0.138. The van der Waals surface area contributed by atoms with Crippen LogP contribution in [0.4, 0.5) is 0 Å². The molecule has 0 N–H and O–H groups in total. The first kappa shape index (κ1) is 12.9. The summed E-state index contributed by atoms with van der Waals surface area (Å²) >= 11 is 3.46. The molecule has 2 rings (SSSR count). The molecule has 96 valence electrons. The molecule has 0 aliphatic rings. The van der Waals surface area contributed by atoms with E-state index in [4.69, 9.17) is 9.15 Å². The standard InChI is InChI=1S/C12H13BrN2O3/c1-7-11(13)8(2)15(14-7)6-10-9(4-5-18-10)12(16)17-3/h4-5H,6H2,1-3H3. The number of carbonyl (C=O) groups excluding carboxylic acids is 1. The Kier molecular flexibility index (Phi) is 3.56. The van der Waals surface area contributed by atoms with Gasteiger partial charge in [0.2, 0.25) is 0 Å². The van der Waals surface area contributed by atoms with E-state index in [1.54, 1.807) is 10.7 Å². The van der Waals surface area contributed by atoms with Crippen molar-refractivity contribution in [2.75, 3.05) is 7.11 Å². The van der Waals surface area contributed by atoms with E-state index in [-0.39, 0.29) is 0 Å². The minimum atomic E-state index is -0.403. The Morgan fingerprint density at radius 1 is 1.56 bits per heavy atom. The van der Waals surface area contributed by atoms with Gasteiger partial charge in [-0.2, -0.15) is 5.10 Å². The second-order valence-corrected chi connectivity index (χ2v) is 4.68. The summed E-state index contributed by atoms with van der Waals surface area (Å²) in [5, 5.41) is 4.37. The second kappa shape index (κ2) is 4.97. The first-order valence-corrected chi connectivity index (χ1v) is 6.18. The Balaban J connectivity index is 2.32. The van der Waals surface area contributed by atoms with Crippen molar-refractivity contribution in [1.29, 1.82) is 0 Å². The molecular weight excluding hydrogens is 300 g/mol. The molecule has 0 unspecified atom stereocenters. The van der Waals surface area contributed by atoms with Gasteiger partial charge in [-0.05, 0) is 35.8 Å². The van der Waals surface area contributed by atoms with Crippen LogP contribution in [0.2, 0.25) is 0 Å². The summed E-state index contributed by atoms with van der Waals surface area (Å²) in [6.45, 7) is 4.26. The molecule has 0 fully saturated rings. The molecule has 0 aliphatic carbocycles. The van der Waals surface area contributed by atoms with E-state index in [1.165, 1.54) is 13.4 Å². The predicted octanol–water partition coefficient (Wildman–Crippen LogP) is 2.69. The zero-order valence-corrected chi connectivity index (χ0v) is 11.9. The van der Waals surface area contributed by atoms with Crippen LogP contribution in [0.5, 0.6) is 0 Å². The molecule has 0 spiro atoms. The monoisotopic (exact) mass is 312 g/mol. The average molecular weight is 313 g/mol. The molecule has 0 radical (unpaired) electrons. The van der Waals surface area contributed by atoms with Gasteiger partial charge in [-0.15, -0.1) is 0 Å². The van der Waals surface area contributed by atoms with Crippen LogP contribution in [-0.2, 0) is 11.3 Å². The quantitative estimate of drug-likeness (QED) is 0.818. The van der Waals surface area contributed by atoms with Gasteiger partial charge in [0.15, 0.2) is 0 Å². The summed E-state index contributed by atoms with van der Waals surface area (Å²) in [6.07, 6.45) is 1.47. The lowest BCUT2D eigenvalue weighted by Gasteiger charge is -2.04. The normalized spacial score (nSPS) is 10.7. The van der Waals surface area contributed by atoms with Crippen LogP contribution in [0.15, 0.2) is 21.2 Å². The van der Waals surface area contributed by atoms with E-state index in [0.29, 0.717) is 17.9 Å². The molecule has 18 heavy (non-hydrogen) atoms. The van der Waals surface area contributed by atoms with E-state index in [1.807, 2.05) is 13.8 Å². The van der Waals surface area contributed by atoms with Crippen molar-refractivity contribution in [2.24, 2.45) is 0 Å². The Labute approximate surface area is 113 Å².